The molecule has 2 aliphatic rings. The van der Waals surface area contributed by atoms with Crippen LogP contribution in [0, 0.1) is 0 Å². The Morgan fingerprint density at radius 2 is 1.96 bits per heavy atom. The van der Waals surface area contributed by atoms with Crippen molar-refractivity contribution in [3.63, 3.8) is 0 Å². The zero-order valence-corrected chi connectivity index (χ0v) is 14.5. The Kier molecular flexibility index (Phi) is 3.68. The summed E-state index contributed by atoms with van der Waals surface area (Å²) in [6.45, 7) is 2.27. The molecule has 1 aliphatic carbocycles. The summed E-state index contributed by atoms with van der Waals surface area (Å²) in [6.07, 6.45) is 5.09. The number of nitrogens with two attached hydrogens (primary N) is 1. The highest BCUT2D eigenvalue weighted by molar-refractivity contribution is 7.16. The number of rotatable bonds is 2. The van der Waals surface area contributed by atoms with E-state index in [0.717, 1.165) is 42.5 Å². The Bertz CT molecular complexity index is 853. The van der Waals surface area contributed by atoms with E-state index in [2.05, 4.69) is 0 Å². The van der Waals surface area contributed by atoms with E-state index in [4.69, 9.17) is 5.73 Å². The average Bonchev–Trinajstić information content (AvgIpc) is 3.13. The van der Waals surface area contributed by atoms with Gasteiger partial charge in [0.1, 0.15) is 0 Å². The fourth-order valence-electron chi connectivity index (χ4n) is 3.85. The third-order valence-corrected chi connectivity index (χ3v) is 6.16. The van der Waals surface area contributed by atoms with Crippen molar-refractivity contribution in [3.05, 3.63) is 45.3 Å². The van der Waals surface area contributed by atoms with Crippen LogP contribution in [0.5, 0.6) is 0 Å². The topological polar surface area (TPSA) is 63.4 Å². The van der Waals surface area contributed by atoms with Crippen LogP contribution in [0.4, 0.5) is 10.7 Å². The number of anilines is 2. The molecular weight excluding hydrogens is 320 g/mol. The Morgan fingerprint density at radius 3 is 2.75 bits per heavy atom. The minimum absolute atomic E-state index is 0.0241. The minimum Gasteiger partial charge on any atom is -0.390 e. The highest BCUT2D eigenvalue weighted by Gasteiger charge is 2.27. The molecule has 2 heterocycles. The van der Waals surface area contributed by atoms with Crippen LogP contribution in [0.3, 0.4) is 0 Å². The van der Waals surface area contributed by atoms with Crippen LogP contribution in [0.1, 0.15) is 51.7 Å². The molecule has 0 unspecified atom stereocenters. The first kappa shape index (κ1) is 15.4. The zero-order chi connectivity index (χ0) is 16.8. The summed E-state index contributed by atoms with van der Waals surface area (Å²) in [5.41, 5.74) is 10.7. The molecule has 2 aromatic rings. The lowest BCUT2D eigenvalue weighted by Gasteiger charge is -2.15. The highest BCUT2D eigenvalue weighted by Crippen LogP contribution is 2.38. The Labute approximate surface area is 145 Å². The molecule has 0 spiro atoms. The lowest BCUT2D eigenvalue weighted by molar-refractivity contribution is -0.116. The fourth-order valence-corrected chi connectivity index (χ4v) is 5.01. The van der Waals surface area contributed by atoms with Gasteiger partial charge in [-0.25, -0.2) is 0 Å². The van der Waals surface area contributed by atoms with Crippen molar-refractivity contribution in [2.45, 2.75) is 39.0 Å². The van der Waals surface area contributed by atoms with Gasteiger partial charge < -0.3 is 10.6 Å². The van der Waals surface area contributed by atoms with E-state index < -0.39 is 0 Å². The maximum absolute atomic E-state index is 13.1. The molecule has 0 saturated heterocycles. The molecule has 2 N–H and O–H groups in total. The first-order valence-corrected chi connectivity index (χ1v) is 9.23. The molecule has 1 aromatic heterocycles. The molecule has 124 valence electrons. The van der Waals surface area contributed by atoms with Gasteiger partial charge in [0.05, 0.1) is 10.6 Å². The van der Waals surface area contributed by atoms with Crippen molar-refractivity contribution < 1.29 is 9.59 Å². The van der Waals surface area contributed by atoms with Crippen molar-refractivity contribution in [3.8, 4) is 0 Å². The van der Waals surface area contributed by atoms with Crippen molar-refractivity contribution >= 4 is 33.7 Å². The molecule has 0 atom stereocenters. The van der Waals surface area contributed by atoms with Gasteiger partial charge in [-0.05, 0) is 61.4 Å². The summed E-state index contributed by atoms with van der Waals surface area (Å²) in [5.74, 6) is 0.0694. The largest absolute Gasteiger partial charge is 0.390 e. The van der Waals surface area contributed by atoms with Gasteiger partial charge >= 0.3 is 0 Å². The van der Waals surface area contributed by atoms with E-state index in [1.807, 2.05) is 18.2 Å². The third-order valence-electron chi connectivity index (χ3n) is 5.04. The van der Waals surface area contributed by atoms with Gasteiger partial charge in [0, 0.05) is 29.6 Å². The molecule has 0 bridgehead atoms. The van der Waals surface area contributed by atoms with Gasteiger partial charge in [0.2, 0.25) is 5.91 Å². The third kappa shape index (κ3) is 2.35. The standard InChI is InChI=1S/C19H20N2O2S/c1-11(22)21-9-8-12-10-13(6-7-15(12)21)18(23)17-14-4-2-3-5-16(14)24-19(17)20/h6-7,10H,2-5,8-9,20H2,1H3. The van der Waals surface area contributed by atoms with Crippen molar-refractivity contribution in [1.82, 2.24) is 0 Å². The molecule has 0 saturated carbocycles. The Hall–Kier alpha value is -2.14. The summed E-state index contributed by atoms with van der Waals surface area (Å²) in [6, 6.07) is 5.66. The molecule has 1 aliphatic heterocycles. The number of benzene rings is 1. The second-order valence-corrected chi connectivity index (χ2v) is 7.68. The molecule has 5 heteroatoms. The molecule has 4 rings (SSSR count). The number of carbonyl (C=O) groups is 2. The van der Waals surface area contributed by atoms with Crippen LogP contribution >= 0.6 is 11.3 Å². The minimum atomic E-state index is 0.0241. The first-order chi connectivity index (χ1) is 11.6. The van der Waals surface area contributed by atoms with Crippen LogP contribution in [-0.4, -0.2) is 18.2 Å². The Balaban J connectivity index is 1.72. The molecular formula is C19H20N2O2S. The van der Waals surface area contributed by atoms with E-state index in [0.29, 0.717) is 17.1 Å². The monoisotopic (exact) mass is 340 g/mol. The molecule has 0 fully saturated rings. The fraction of sp³-hybridized carbons (Fsp3) is 0.368. The second-order valence-electron chi connectivity index (χ2n) is 6.54. The number of ketones is 1. The SMILES string of the molecule is CC(=O)N1CCc2cc(C(=O)c3c(N)sc4c3CCCC4)ccc21. The first-order valence-electron chi connectivity index (χ1n) is 8.42. The van der Waals surface area contributed by atoms with Gasteiger partial charge in [0.25, 0.3) is 0 Å². The van der Waals surface area contributed by atoms with E-state index in [1.165, 1.54) is 16.9 Å². The van der Waals surface area contributed by atoms with Gasteiger partial charge in [-0.2, -0.15) is 0 Å². The summed E-state index contributed by atoms with van der Waals surface area (Å²) in [4.78, 5) is 27.8. The summed E-state index contributed by atoms with van der Waals surface area (Å²) >= 11 is 1.57. The number of hydrogen-bond acceptors (Lipinski definition) is 4. The Morgan fingerprint density at radius 1 is 1.17 bits per heavy atom. The second kappa shape index (κ2) is 5.74. The van der Waals surface area contributed by atoms with Crippen LogP contribution in [0.15, 0.2) is 18.2 Å². The van der Waals surface area contributed by atoms with Crippen LogP contribution in [0.2, 0.25) is 0 Å². The van der Waals surface area contributed by atoms with Gasteiger partial charge in [-0.3, -0.25) is 9.59 Å². The zero-order valence-electron chi connectivity index (χ0n) is 13.7. The lowest BCUT2D eigenvalue weighted by Crippen LogP contribution is -2.25. The number of fused-ring (bicyclic) bond motifs is 2. The number of hydrogen-bond donors (Lipinski definition) is 1. The summed E-state index contributed by atoms with van der Waals surface area (Å²) in [7, 11) is 0. The maximum atomic E-state index is 13.1. The maximum Gasteiger partial charge on any atom is 0.223 e. The van der Waals surface area contributed by atoms with Gasteiger partial charge in [0.15, 0.2) is 5.78 Å². The lowest BCUT2D eigenvalue weighted by atomic mass is 9.91. The normalized spacial score (nSPS) is 16.0. The van der Waals surface area contributed by atoms with E-state index in [1.54, 1.807) is 23.2 Å². The van der Waals surface area contributed by atoms with E-state index in [9.17, 15) is 9.59 Å². The van der Waals surface area contributed by atoms with Crippen molar-refractivity contribution in [2.75, 3.05) is 17.2 Å². The molecule has 1 aromatic carbocycles. The van der Waals surface area contributed by atoms with Crippen molar-refractivity contribution in [2.24, 2.45) is 0 Å². The summed E-state index contributed by atoms with van der Waals surface area (Å²) < 4.78 is 0. The molecule has 4 nitrogen and oxygen atoms in total. The average molecular weight is 340 g/mol. The molecule has 0 radical (unpaired) electrons. The van der Waals surface area contributed by atoms with E-state index >= 15 is 0 Å². The van der Waals surface area contributed by atoms with Crippen LogP contribution in [0.25, 0.3) is 0 Å². The van der Waals surface area contributed by atoms with Crippen LogP contribution < -0.4 is 10.6 Å². The molecule has 1 amide bonds. The number of nitrogens with zero attached hydrogens (tertiary/aromatic N) is 1. The number of nitrogen functional groups attached to an aromatic ring is 1. The smallest absolute Gasteiger partial charge is 0.223 e. The van der Waals surface area contributed by atoms with Crippen LogP contribution in [-0.2, 0) is 24.1 Å². The molecule has 24 heavy (non-hydrogen) atoms. The number of carbonyl (C=O) groups excluding carboxylic acids is 2. The summed E-state index contributed by atoms with van der Waals surface area (Å²) in [5, 5.41) is 0.651. The van der Waals surface area contributed by atoms with Crippen molar-refractivity contribution in [1.29, 1.82) is 0 Å². The van der Waals surface area contributed by atoms with E-state index in [-0.39, 0.29) is 11.7 Å². The number of aryl methyl sites for hydroxylation is 1. The van der Waals surface area contributed by atoms with Gasteiger partial charge in [-0.1, -0.05) is 0 Å². The number of amides is 1. The highest BCUT2D eigenvalue weighted by atomic mass is 32.1. The predicted octanol–water partition coefficient (Wildman–Crippen LogP) is 3.35. The van der Waals surface area contributed by atoms with Gasteiger partial charge in [-0.15, -0.1) is 11.3 Å². The predicted molar refractivity (Wildman–Crippen MR) is 97.0 cm³/mol. The quantitative estimate of drug-likeness (QED) is 0.853. The number of thiophene rings is 1.